The molecular formula is C43H51ClN4O6S. The van der Waals surface area contributed by atoms with Crippen molar-refractivity contribution in [3.05, 3.63) is 93.8 Å². The number of nitrogens with zero attached hydrogens (tertiary/aromatic N) is 4. The van der Waals surface area contributed by atoms with Gasteiger partial charge in [0, 0.05) is 59.9 Å². The lowest BCUT2D eigenvalue weighted by atomic mass is 9.68. The Bertz CT molecular complexity index is 2170. The number of allylic oxidation sites excluding steroid dienone is 1. The molecule has 2 amide bonds. The maximum Gasteiger partial charge on any atom is 0.285 e. The number of aryl methyl sites for hydroxylation is 1. The number of hydrogen-bond acceptors (Lipinski definition) is 7. The monoisotopic (exact) mass is 786 g/mol. The Hall–Kier alpha value is -3.77. The van der Waals surface area contributed by atoms with Gasteiger partial charge in [0.1, 0.15) is 11.3 Å². The van der Waals surface area contributed by atoms with Crippen LogP contribution in [0.4, 0.5) is 5.69 Å². The van der Waals surface area contributed by atoms with E-state index in [9.17, 15) is 13.8 Å². The lowest BCUT2D eigenvalue weighted by Gasteiger charge is -2.46. The average Bonchev–Trinajstić information content (AvgIpc) is 3.52. The third-order valence-electron chi connectivity index (χ3n) is 12.8. The first kappa shape index (κ1) is 38.1. The molecule has 4 heterocycles. The summed E-state index contributed by atoms with van der Waals surface area (Å²) in [6.45, 7) is 8.84. The molecule has 0 N–H and O–H groups in total. The van der Waals surface area contributed by atoms with Gasteiger partial charge >= 0.3 is 0 Å². The van der Waals surface area contributed by atoms with Crippen LogP contribution in [0.2, 0.25) is 5.02 Å². The molecule has 3 aliphatic heterocycles. The minimum Gasteiger partial charge on any atom is -0.490 e. The molecule has 5 aliphatic rings. The van der Waals surface area contributed by atoms with Gasteiger partial charge < -0.3 is 23.7 Å². The van der Waals surface area contributed by atoms with E-state index in [1.807, 2.05) is 43.5 Å². The largest absolute Gasteiger partial charge is 0.490 e. The summed E-state index contributed by atoms with van der Waals surface area (Å²) in [7, 11) is -1.70. The summed E-state index contributed by atoms with van der Waals surface area (Å²) in [5.74, 6) is 0.123. The summed E-state index contributed by atoms with van der Waals surface area (Å²) in [6, 6.07) is 13.4. The van der Waals surface area contributed by atoms with Crippen LogP contribution in [0.1, 0.15) is 90.4 Å². The molecule has 12 heteroatoms. The molecule has 8 rings (SSSR count). The third-order valence-corrected chi connectivity index (χ3v) is 15.4. The Morgan fingerprint density at radius 3 is 2.78 bits per heavy atom. The van der Waals surface area contributed by atoms with Crippen molar-refractivity contribution in [1.29, 1.82) is 0 Å². The topological polar surface area (TPSA) is 112 Å². The molecule has 1 fully saturated rings. The SMILES string of the molecule is CO[C@H]1/C=C/C[C@H](C)[C@@H](C)S(=O)(C=NC(=O)c2cc3n(c2)C[C@H](C)OC3)=NC(=O)c2ccc3c(c2)N(C[C@@H]2CC[C@H]21)C[C@@]1(CCCc2cc(Cl)ccc21)CO3. The molecule has 1 spiro atoms. The number of aliphatic imine (C=N–C) groups is 1. The molecule has 0 saturated heterocycles. The molecule has 10 nitrogen and oxygen atoms in total. The third kappa shape index (κ3) is 7.45. The number of benzene rings is 2. The number of carbonyl (C=O) groups is 2. The van der Waals surface area contributed by atoms with Gasteiger partial charge in [0.2, 0.25) is 0 Å². The number of halogens is 1. The molecule has 8 atom stereocenters. The Kier molecular flexibility index (Phi) is 10.6. The molecule has 55 heavy (non-hydrogen) atoms. The van der Waals surface area contributed by atoms with Crippen LogP contribution in [0.3, 0.4) is 0 Å². The zero-order valence-electron chi connectivity index (χ0n) is 32.1. The van der Waals surface area contributed by atoms with Gasteiger partial charge in [0.15, 0.2) is 0 Å². The van der Waals surface area contributed by atoms with E-state index in [1.54, 1.807) is 25.4 Å². The second-order valence-electron chi connectivity index (χ2n) is 16.4. The number of methoxy groups -OCH3 is 1. The van der Waals surface area contributed by atoms with Crippen LogP contribution in [0.15, 0.2) is 70.2 Å². The number of rotatable bonds is 3. The maximum absolute atomic E-state index is 15.0. The zero-order valence-corrected chi connectivity index (χ0v) is 33.7. The number of hydrogen-bond donors (Lipinski definition) is 0. The molecule has 0 radical (unpaired) electrons. The van der Waals surface area contributed by atoms with Crippen molar-refractivity contribution in [2.75, 3.05) is 31.7 Å². The van der Waals surface area contributed by atoms with Crippen LogP contribution in [-0.4, -0.2) is 70.4 Å². The van der Waals surface area contributed by atoms with Crippen LogP contribution in [0.5, 0.6) is 5.75 Å². The van der Waals surface area contributed by atoms with Crippen molar-refractivity contribution in [2.45, 2.75) is 95.3 Å². The van der Waals surface area contributed by atoms with Crippen LogP contribution in [0, 0.1) is 17.8 Å². The van der Waals surface area contributed by atoms with Crippen LogP contribution < -0.4 is 9.64 Å². The van der Waals surface area contributed by atoms with Crippen molar-refractivity contribution < 1.29 is 28.0 Å². The minimum absolute atomic E-state index is 0.0333. The lowest BCUT2D eigenvalue weighted by molar-refractivity contribution is 0.0131. The first-order chi connectivity index (χ1) is 26.4. The summed E-state index contributed by atoms with van der Waals surface area (Å²) < 4.78 is 39.9. The van der Waals surface area contributed by atoms with E-state index in [1.165, 1.54) is 11.1 Å². The number of ether oxygens (including phenoxy) is 3. The van der Waals surface area contributed by atoms with Crippen molar-refractivity contribution in [3.63, 3.8) is 0 Å². The number of fused-ring (bicyclic) bond motifs is 5. The summed E-state index contributed by atoms with van der Waals surface area (Å²) >= 11 is 6.48. The van der Waals surface area contributed by atoms with E-state index in [0.29, 0.717) is 61.4 Å². The summed E-state index contributed by atoms with van der Waals surface area (Å²) in [4.78, 5) is 34.2. The van der Waals surface area contributed by atoms with Crippen molar-refractivity contribution >= 4 is 44.4 Å². The molecule has 1 saturated carbocycles. The smallest absolute Gasteiger partial charge is 0.285 e. The first-order valence-corrected chi connectivity index (χ1v) is 21.7. The van der Waals surface area contributed by atoms with Crippen molar-refractivity contribution in [3.8, 4) is 5.75 Å². The van der Waals surface area contributed by atoms with Gasteiger partial charge in [-0.3, -0.25) is 9.59 Å². The Labute approximate surface area is 329 Å². The maximum atomic E-state index is 15.0. The van der Waals surface area contributed by atoms with Gasteiger partial charge in [-0.05, 0) is 118 Å². The van der Waals surface area contributed by atoms with E-state index in [0.717, 1.165) is 60.6 Å². The highest BCUT2D eigenvalue weighted by Crippen LogP contribution is 2.47. The van der Waals surface area contributed by atoms with Gasteiger partial charge in [-0.15, -0.1) is 0 Å². The Morgan fingerprint density at radius 1 is 1.13 bits per heavy atom. The van der Waals surface area contributed by atoms with Gasteiger partial charge in [-0.1, -0.05) is 36.7 Å². The van der Waals surface area contributed by atoms with E-state index in [-0.39, 0.29) is 23.5 Å². The fourth-order valence-electron chi connectivity index (χ4n) is 9.23. The summed E-state index contributed by atoms with van der Waals surface area (Å²) in [6.07, 6.45) is 11.7. The average molecular weight is 787 g/mol. The van der Waals surface area contributed by atoms with E-state index in [2.05, 4.69) is 38.5 Å². The van der Waals surface area contributed by atoms with Crippen LogP contribution in [-0.2, 0) is 44.2 Å². The Morgan fingerprint density at radius 2 is 1.98 bits per heavy atom. The van der Waals surface area contributed by atoms with Gasteiger partial charge in [-0.2, -0.15) is 4.36 Å². The molecule has 292 valence electrons. The zero-order chi connectivity index (χ0) is 38.5. The number of amides is 2. The van der Waals surface area contributed by atoms with E-state index in [4.69, 9.17) is 25.8 Å². The normalized spacial score (nSPS) is 32.7. The van der Waals surface area contributed by atoms with Gasteiger partial charge in [0.05, 0.1) is 46.4 Å². The second kappa shape index (κ2) is 15.3. The molecule has 3 aromatic rings. The van der Waals surface area contributed by atoms with Gasteiger partial charge in [0.25, 0.3) is 11.8 Å². The highest BCUT2D eigenvalue weighted by Gasteiger charge is 2.44. The predicted octanol–water partition coefficient (Wildman–Crippen LogP) is 8.04. The quantitative estimate of drug-likeness (QED) is 0.150. The van der Waals surface area contributed by atoms with Crippen LogP contribution in [0.25, 0.3) is 0 Å². The lowest BCUT2D eigenvalue weighted by Crippen LogP contribution is -2.49. The van der Waals surface area contributed by atoms with Crippen molar-refractivity contribution in [1.82, 2.24) is 4.57 Å². The molecule has 1 aromatic heterocycles. The molecule has 2 aromatic carbocycles. The molecular weight excluding hydrogens is 736 g/mol. The molecule has 2 aliphatic carbocycles. The highest BCUT2D eigenvalue weighted by molar-refractivity contribution is 8.07. The van der Waals surface area contributed by atoms with E-state index < -0.39 is 26.8 Å². The summed E-state index contributed by atoms with van der Waals surface area (Å²) in [5.41, 5.74) is 5.80. The van der Waals surface area contributed by atoms with Gasteiger partial charge in [-0.25, -0.2) is 9.20 Å². The highest BCUT2D eigenvalue weighted by atomic mass is 35.5. The predicted molar refractivity (Wildman–Crippen MR) is 216 cm³/mol. The fourth-order valence-corrected chi connectivity index (χ4v) is 11.2. The minimum atomic E-state index is -3.48. The number of aromatic nitrogens is 1. The summed E-state index contributed by atoms with van der Waals surface area (Å²) in [5, 5.41) is 0.143. The standard InChI is InChI=1S/C43H51ClN4O6S/c1-27-7-5-9-39(52-4)36-13-10-32(36)21-48-24-43(16-6-8-30-17-34(44)12-14-37(30)43)25-54-40-15-11-31(19-38(40)48)42(50)46-55(51,29(27)3)26-45-41(49)33-18-35-23-53-28(2)20-47(35)22-33/h5,9,11-12,14-15,17-19,22,26-29,32,36,39H,6-8,10,13,16,20-21,23-25H2,1-4H3/b9-5+,45-26?/t27-,28-,29+,32-,36+,39-,43-,55?/m0/s1. The van der Waals surface area contributed by atoms with Crippen LogP contribution >= 0.6 is 11.6 Å². The van der Waals surface area contributed by atoms with E-state index >= 15 is 0 Å². The second-order valence-corrected chi connectivity index (χ2v) is 19.2. The van der Waals surface area contributed by atoms with Crippen molar-refractivity contribution in [2.24, 2.45) is 27.1 Å². The fraction of sp³-hybridized carbons (Fsp3) is 0.512. The number of anilines is 1. The molecule has 1 unspecified atom stereocenters. The number of carbonyl (C=O) groups excluding carboxylic acids is 2. The Balaban J connectivity index is 1.19. The first-order valence-electron chi connectivity index (χ1n) is 19.6. The molecule has 2 bridgehead atoms.